The van der Waals surface area contributed by atoms with Gasteiger partial charge in [-0.25, -0.2) is 4.98 Å². The number of hydrogen-bond donors (Lipinski definition) is 1. The van der Waals surface area contributed by atoms with E-state index in [4.69, 9.17) is 11.6 Å². The summed E-state index contributed by atoms with van der Waals surface area (Å²) < 4.78 is 1.97. The van der Waals surface area contributed by atoms with Crippen LogP contribution < -0.4 is 0 Å². The first-order chi connectivity index (χ1) is 8.25. The van der Waals surface area contributed by atoms with Gasteiger partial charge in [-0.1, -0.05) is 19.3 Å². The Kier molecular flexibility index (Phi) is 2.67. The van der Waals surface area contributed by atoms with Crippen molar-refractivity contribution in [2.75, 3.05) is 0 Å². The first-order valence-corrected chi connectivity index (χ1v) is 6.37. The molecule has 2 heterocycles. The second-order valence-corrected chi connectivity index (χ2v) is 4.89. The number of pyridine rings is 1. The van der Waals surface area contributed by atoms with Gasteiger partial charge in [0.25, 0.3) is 0 Å². The molecule has 3 rings (SSSR count). The molecule has 90 valence electrons. The van der Waals surface area contributed by atoms with E-state index in [1.54, 1.807) is 6.07 Å². The lowest BCUT2D eigenvalue weighted by Crippen LogP contribution is -2.13. The summed E-state index contributed by atoms with van der Waals surface area (Å²) in [5, 5.41) is 9.94. The molecular weight excluding hydrogens is 238 g/mol. The topological polar surface area (TPSA) is 50.9 Å². The van der Waals surface area contributed by atoms with Crippen LogP contribution in [0, 0.1) is 0 Å². The molecule has 2 aromatic heterocycles. The zero-order valence-corrected chi connectivity index (χ0v) is 10.2. The molecule has 0 unspecified atom stereocenters. The van der Waals surface area contributed by atoms with Crippen molar-refractivity contribution in [3.8, 4) is 5.88 Å². The number of aromatic nitrogens is 3. The van der Waals surface area contributed by atoms with Crippen LogP contribution >= 0.6 is 11.6 Å². The van der Waals surface area contributed by atoms with Crippen molar-refractivity contribution in [2.45, 2.75) is 38.1 Å². The van der Waals surface area contributed by atoms with Crippen LogP contribution in [0.15, 0.2) is 12.1 Å². The predicted octanol–water partition coefficient (Wildman–Crippen LogP) is 3.30. The van der Waals surface area contributed by atoms with E-state index >= 15 is 0 Å². The highest BCUT2D eigenvalue weighted by Gasteiger charge is 2.21. The predicted molar refractivity (Wildman–Crippen MR) is 66.3 cm³/mol. The molecule has 1 aliphatic carbocycles. The number of nitrogens with zero attached hydrogens (tertiary/aromatic N) is 3. The van der Waals surface area contributed by atoms with Crippen molar-refractivity contribution in [3.05, 3.63) is 17.4 Å². The maximum Gasteiger partial charge on any atom is 0.212 e. The molecule has 17 heavy (non-hydrogen) atoms. The molecule has 1 N–H and O–H groups in total. The van der Waals surface area contributed by atoms with Gasteiger partial charge >= 0.3 is 0 Å². The molecule has 1 aliphatic rings. The maximum absolute atomic E-state index is 9.47. The minimum absolute atomic E-state index is 0.0196. The minimum Gasteiger partial charge on any atom is -0.493 e. The summed E-state index contributed by atoms with van der Waals surface area (Å²) >= 11 is 6.18. The van der Waals surface area contributed by atoms with Crippen LogP contribution in [0.2, 0.25) is 5.28 Å². The Balaban J connectivity index is 2.13. The molecule has 0 bridgehead atoms. The molecule has 0 amide bonds. The van der Waals surface area contributed by atoms with Crippen LogP contribution in [0.4, 0.5) is 0 Å². The molecule has 5 heteroatoms. The zero-order chi connectivity index (χ0) is 11.8. The van der Waals surface area contributed by atoms with Crippen LogP contribution in [0.5, 0.6) is 5.88 Å². The fourth-order valence-corrected chi connectivity index (χ4v) is 2.91. The monoisotopic (exact) mass is 251 g/mol. The van der Waals surface area contributed by atoms with E-state index in [9.17, 15) is 5.11 Å². The highest BCUT2D eigenvalue weighted by molar-refractivity contribution is 6.29. The Morgan fingerprint density at radius 3 is 2.71 bits per heavy atom. The van der Waals surface area contributed by atoms with Crippen molar-refractivity contribution < 1.29 is 5.11 Å². The molecule has 1 fully saturated rings. The van der Waals surface area contributed by atoms with Gasteiger partial charge in [-0.3, -0.25) is 4.57 Å². The molecule has 2 aromatic rings. The van der Waals surface area contributed by atoms with Crippen molar-refractivity contribution >= 4 is 22.8 Å². The van der Waals surface area contributed by atoms with Gasteiger partial charge < -0.3 is 5.11 Å². The van der Waals surface area contributed by atoms with E-state index < -0.39 is 0 Å². The van der Waals surface area contributed by atoms with Crippen molar-refractivity contribution in [1.82, 2.24) is 14.5 Å². The maximum atomic E-state index is 9.47. The normalized spacial score (nSPS) is 17.7. The third-order valence-electron chi connectivity index (χ3n) is 3.42. The molecule has 0 aromatic carbocycles. The quantitative estimate of drug-likeness (QED) is 0.846. The number of halogens is 1. The Morgan fingerprint density at radius 1 is 1.18 bits per heavy atom. The molecule has 0 saturated heterocycles. The van der Waals surface area contributed by atoms with Crippen LogP contribution in [0.25, 0.3) is 11.2 Å². The van der Waals surface area contributed by atoms with Crippen molar-refractivity contribution in [2.24, 2.45) is 0 Å². The van der Waals surface area contributed by atoms with Crippen LogP contribution in [-0.2, 0) is 0 Å². The summed E-state index contributed by atoms with van der Waals surface area (Å²) in [4.78, 5) is 8.43. The molecule has 0 atom stereocenters. The largest absolute Gasteiger partial charge is 0.493 e. The summed E-state index contributed by atoms with van der Waals surface area (Å²) in [7, 11) is 0. The summed E-state index contributed by atoms with van der Waals surface area (Å²) in [6.45, 7) is 0. The lowest BCUT2D eigenvalue weighted by Gasteiger charge is -2.23. The number of rotatable bonds is 1. The van der Waals surface area contributed by atoms with Gasteiger partial charge in [0.05, 0.1) is 0 Å². The lowest BCUT2D eigenvalue weighted by molar-refractivity contribution is 0.358. The van der Waals surface area contributed by atoms with E-state index in [0.717, 1.165) is 18.4 Å². The highest BCUT2D eigenvalue weighted by Crippen LogP contribution is 2.33. The SMILES string of the molecule is Oc1ccc2nc(Cl)n(C3CCCCC3)c2n1. The Hall–Kier alpha value is -1.29. The minimum atomic E-state index is 0.0196. The summed E-state index contributed by atoms with van der Waals surface area (Å²) in [5.74, 6) is 0.0196. The van der Waals surface area contributed by atoms with E-state index in [2.05, 4.69) is 9.97 Å². The van der Waals surface area contributed by atoms with Gasteiger partial charge in [0, 0.05) is 12.1 Å². The number of hydrogen-bond acceptors (Lipinski definition) is 3. The third-order valence-corrected chi connectivity index (χ3v) is 3.69. The van der Waals surface area contributed by atoms with E-state index in [1.807, 2.05) is 4.57 Å². The zero-order valence-electron chi connectivity index (χ0n) is 9.43. The summed E-state index contributed by atoms with van der Waals surface area (Å²) in [5.41, 5.74) is 1.44. The summed E-state index contributed by atoms with van der Waals surface area (Å²) in [6.07, 6.45) is 5.96. The number of aromatic hydroxyl groups is 1. The molecule has 0 aliphatic heterocycles. The van der Waals surface area contributed by atoms with Gasteiger partial charge in [-0.05, 0) is 30.5 Å². The standard InChI is InChI=1S/C12H14ClN3O/c13-12-14-9-6-7-10(17)15-11(9)16(12)8-4-2-1-3-5-8/h6-8H,1-5H2,(H,15,17). The Bertz CT molecular complexity index is 546. The van der Waals surface area contributed by atoms with E-state index in [-0.39, 0.29) is 5.88 Å². The van der Waals surface area contributed by atoms with Crippen LogP contribution in [0.3, 0.4) is 0 Å². The summed E-state index contributed by atoms with van der Waals surface area (Å²) in [6, 6.07) is 3.66. The molecule has 4 nitrogen and oxygen atoms in total. The second kappa shape index (κ2) is 4.18. The number of imidazole rings is 1. The van der Waals surface area contributed by atoms with E-state index in [1.165, 1.54) is 25.3 Å². The molecule has 0 radical (unpaired) electrons. The molecule has 0 spiro atoms. The average Bonchev–Trinajstić information content (AvgIpc) is 2.65. The Labute approximate surface area is 104 Å². The molecular formula is C12H14ClN3O. The lowest BCUT2D eigenvalue weighted by atomic mass is 9.95. The van der Waals surface area contributed by atoms with Crippen LogP contribution in [-0.4, -0.2) is 19.6 Å². The van der Waals surface area contributed by atoms with Gasteiger partial charge in [0.2, 0.25) is 11.2 Å². The fraction of sp³-hybridized carbons (Fsp3) is 0.500. The van der Waals surface area contributed by atoms with Crippen molar-refractivity contribution in [3.63, 3.8) is 0 Å². The first-order valence-electron chi connectivity index (χ1n) is 5.99. The van der Waals surface area contributed by atoms with Gasteiger partial charge in [-0.2, -0.15) is 4.98 Å². The Morgan fingerprint density at radius 2 is 1.94 bits per heavy atom. The van der Waals surface area contributed by atoms with Crippen molar-refractivity contribution in [1.29, 1.82) is 0 Å². The van der Waals surface area contributed by atoms with Gasteiger partial charge in [0.1, 0.15) is 5.52 Å². The van der Waals surface area contributed by atoms with Gasteiger partial charge in [-0.15, -0.1) is 0 Å². The fourth-order valence-electron chi connectivity index (χ4n) is 2.60. The average molecular weight is 252 g/mol. The number of fused-ring (bicyclic) bond motifs is 1. The van der Waals surface area contributed by atoms with E-state index in [0.29, 0.717) is 17.0 Å². The first kappa shape index (κ1) is 10.8. The van der Waals surface area contributed by atoms with Gasteiger partial charge in [0.15, 0.2) is 5.65 Å². The smallest absolute Gasteiger partial charge is 0.212 e. The van der Waals surface area contributed by atoms with Crippen LogP contribution in [0.1, 0.15) is 38.1 Å². The second-order valence-electron chi connectivity index (χ2n) is 4.55. The molecule has 1 saturated carbocycles. The highest BCUT2D eigenvalue weighted by atomic mass is 35.5. The third kappa shape index (κ3) is 1.86.